The molecule has 0 radical (unpaired) electrons. The van der Waals surface area contributed by atoms with Crippen LogP contribution in [0.15, 0.2) is 48.5 Å². The lowest BCUT2D eigenvalue weighted by molar-refractivity contribution is -0.112. The highest BCUT2D eigenvalue weighted by atomic mass is 127. The number of alkyl halides is 1. The van der Waals surface area contributed by atoms with Crippen LogP contribution in [0, 0.1) is 3.57 Å². The number of hydrogen-bond donors (Lipinski definition) is 0. The quantitative estimate of drug-likeness (QED) is 0.132. The third-order valence-electron chi connectivity index (χ3n) is 3.77. The maximum atomic E-state index is 11.0. The molecule has 2 aromatic carbocycles. The Hall–Kier alpha value is -1.09. The Bertz CT molecular complexity index is 736. The number of unbranched alkanes of at least 4 members (excludes halogenated alkanes) is 2. The van der Waals surface area contributed by atoms with Gasteiger partial charge in [-0.2, -0.15) is 0 Å². The number of rotatable bonds is 9. The van der Waals surface area contributed by atoms with E-state index in [1.165, 1.54) is 30.6 Å². The van der Waals surface area contributed by atoms with Gasteiger partial charge in [0.15, 0.2) is 5.78 Å². The van der Waals surface area contributed by atoms with Crippen molar-refractivity contribution in [1.29, 1.82) is 0 Å². The van der Waals surface area contributed by atoms with E-state index in [2.05, 4.69) is 52.1 Å². The molecular formula is C23H28I2O3. The van der Waals surface area contributed by atoms with E-state index in [9.17, 15) is 4.79 Å². The summed E-state index contributed by atoms with van der Waals surface area (Å²) in [5.41, 5.74) is 2.09. The molecule has 0 aliphatic carbocycles. The lowest BCUT2D eigenvalue weighted by atomic mass is 10.2. The van der Waals surface area contributed by atoms with E-state index in [1.807, 2.05) is 48.5 Å². The summed E-state index contributed by atoms with van der Waals surface area (Å²) >= 11 is 4.65. The van der Waals surface area contributed by atoms with Gasteiger partial charge in [-0.1, -0.05) is 66.6 Å². The first-order valence-electron chi connectivity index (χ1n) is 9.30. The van der Waals surface area contributed by atoms with Crippen LogP contribution in [0.2, 0.25) is 0 Å². The average Bonchev–Trinajstić information content (AvgIpc) is 2.70. The van der Waals surface area contributed by atoms with E-state index in [0.717, 1.165) is 26.2 Å². The third kappa shape index (κ3) is 10.5. The van der Waals surface area contributed by atoms with Gasteiger partial charge in [-0.25, -0.2) is 0 Å². The molecule has 0 amide bonds. The van der Waals surface area contributed by atoms with Gasteiger partial charge < -0.3 is 9.47 Å². The van der Waals surface area contributed by atoms with Crippen molar-refractivity contribution in [3.8, 4) is 11.5 Å². The van der Waals surface area contributed by atoms with Crippen molar-refractivity contribution in [2.45, 2.75) is 39.7 Å². The Kier molecular flexibility index (Phi) is 13.2. The highest BCUT2D eigenvalue weighted by Gasteiger charge is 2.01. The smallest absolute Gasteiger partial charge is 0.152 e. The van der Waals surface area contributed by atoms with Crippen LogP contribution in [0.5, 0.6) is 11.5 Å². The number of carbonyl (C=O) groups is 1. The van der Waals surface area contributed by atoms with Gasteiger partial charge in [0.1, 0.15) is 18.1 Å². The summed E-state index contributed by atoms with van der Waals surface area (Å²) in [6.45, 7) is 4.27. The van der Waals surface area contributed by atoms with Crippen molar-refractivity contribution in [2.24, 2.45) is 0 Å². The first kappa shape index (κ1) is 24.9. The topological polar surface area (TPSA) is 35.5 Å². The van der Waals surface area contributed by atoms with Crippen LogP contribution in [0.25, 0.3) is 6.08 Å². The molecule has 0 heterocycles. The first-order chi connectivity index (χ1) is 13.5. The minimum Gasteiger partial charge on any atom is -0.497 e. The van der Waals surface area contributed by atoms with Crippen LogP contribution in [-0.4, -0.2) is 17.3 Å². The van der Waals surface area contributed by atoms with Crippen LogP contribution < -0.4 is 9.47 Å². The van der Waals surface area contributed by atoms with E-state index < -0.39 is 0 Å². The molecule has 0 N–H and O–H groups in total. The summed E-state index contributed by atoms with van der Waals surface area (Å²) in [6, 6.07) is 13.6. The molecule has 0 unspecified atom stereocenters. The SMILES string of the molecule is CCCCCI.COc1ccc(COc2ccc(/C=C/C(C)=O)c(I)c2)cc1. The van der Waals surface area contributed by atoms with Gasteiger partial charge in [-0.3, -0.25) is 4.79 Å². The number of hydrogen-bond acceptors (Lipinski definition) is 3. The van der Waals surface area contributed by atoms with E-state index in [1.54, 1.807) is 13.2 Å². The Labute approximate surface area is 196 Å². The molecule has 28 heavy (non-hydrogen) atoms. The van der Waals surface area contributed by atoms with Gasteiger partial charge in [0, 0.05) is 3.57 Å². The van der Waals surface area contributed by atoms with Crippen molar-refractivity contribution in [1.82, 2.24) is 0 Å². The van der Waals surface area contributed by atoms with Crippen molar-refractivity contribution in [3.05, 3.63) is 63.2 Å². The van der Waals surface area contributed by atoms with Gasteiger partial charge >= 0.3 is 0 Å². The molecule has 2 aromatic rings. The minimum atomic E-state index is 0.0376. The standard InChI is InChI=1S/C18H17IO3.C5H11I/c1-13(20)3-6-15-7-10-17(11-18(15)19)22-12-14-4-8-16(21-2)9-5-14;1-2-3-4-5-6/h3-11H,12H2,1-2H3;2-5H2,1H3/b6-3+;. The molecule has 0 aromatic heterocycles. The summed E-state index contributed by atoms with van der Waals surface area (Å²) in [4.78, 5) is 11.0. The zero-order valence-corrected chi connectivity index (χ0v) is 21.0. The minimum absolute atomic E-state index is 0.0376. The van der Waals surface area contributed by atoms with E-state index in [-0.39, 0.29) is 5.78 Å². The van der Waals surface area contributed by atoms with Gasteiger partial charge in [0.25, 0.3) is 0 Å². The molecule has 152 valence electrons. The van der Waals surface area contributed by atoms with E-state index in [0.29, 0.717) is 6.61 Å². The van der Waals surface area contributed by atoms with E-state index in [4.69, 9.17) is 9.47 Å². The lowest BCUT2D eigenvalue weighted by Crippen LogP contribution is -1.96. The number of carbonyl (C=O) groups excluding carboxylic acids is 1. The van der Waals surface area contributed by atoms with Crippen LogP contribution in [0.3, 0.4) is 0 Å². The van der Waals surface area contributed by atoms with Crippen LogP contribution in [0.4, 0.5) is 0 Å². The second-order valence-corrected chi connectivity index (χ2v) is 8.40. The fraction of sp³-hybridized carbons (Fsp3) is 0.348. The zero-order chi connectivity index (χ0) is 20.8. The van der Waals surface area contributed by atoms with Crippen LogP contribution >= 0.6 is 45.2 Å². The maximum absolute atomic E-state index is 11.0. The van der Waals surface area contributed by atoms with Crippen LogP contribution in [0.1, 0.15) is 44.2 Å². The molecule has 0 aliphatic heterocycles. The average molecular weight is 606 g/mol. The number of halogens is 2. The van der Waals surface area contributed by atoms with Crippen molar-refractivity contribution in [3.63, 3.8) is 0 Å². The van der Waals surface area contributed by atoms with Crippen LogP contribution in [-0.2, 0) is 11.4 Å². The number of allylic oxidation sites excluding steroid dienone is 1. The molecule has 2 rings (SSSR count). The van der Waals surface area contributed by atoms with E-state index >= 15 is 0 Å². The molecule has 5 heteroatoms. The first-order valence-corrected chi connectivity index (χ1v) is 11.9. The number of methoxy groups -OCH3 is 1. The number of ketones is 1. The Morgan fingerprint density at radius 2 is 1.75 bits per heavy atom. The fourth-order valence-electron chi connectivity index (χ4n) is 2.17. The van der Waals surface area contributed by atoms with Crippen molar-refractivity contribution >= 4 is 57.0 Å². The fourth-order valence-corrected chi connectivity index (χ4v) is 3.38. The molecule has 0 saturated heterocycles. The molecule has 0 aliphatic rings. The molecular weight excluding hydrogens is 578 g/mol. The predicted molar refractivity (Wildman–Crippen MR) is 135 cm³/mol. The Morgan fingerprint density at radius 3 is 2.25 bits per heavy atom. The highest BCUT2D eigenvalue weighted by Crippen LogP contribution is 2.22. The van der Waals surface area contributed by atoms with Crippen molar-refractivity contribution in [2.75, 3.05) is 11.5 Å². The number of benzene rings is 2. The second-order valence-electron chi connectivity index (χ2n) is 6.16. The third-order valence-corrected chi connectivity index (χ3v) is 5.47. The Morgan fingerprint density at radius 1 is 1.07 bits per heavy atom. The highest BCUT2D eigenvalue weighted by molar-refractivity contribution is 14.1. The summed E-state index contributed by atoms with van der Waals surface area (Å²) < 4.78 is 13.3. The second kappa shape index (κ2) is 14.8. The monoisotopic (exact) mass is 606 g/mol. The van der Waals surface area contributed by atoms with Crippen molar-refractivity contribution < 1.29 is 14.3 Å². The predicted octanol–water partition coefficient (Wildman–Crippen LogP) is 7.09. The largest absolute Gasteiger partial charge is 0.497 e. The summed E-state index contributed by atoms with van der Waals surface area (Å²) in [5, 5.41) is 0. The molecule has 0 atom stereocenters. The molecule has 3 nitrogen and oxygen atoms in total. The number of ether oxygens (including phenoxy) is 2. The summed E-state index contributed by atoms with van der Waals surface area (Å²) in [5.74, 6) is 1.68. The van der Waals surface area contributed by atoms with Gasteiger partial charge in [-0.05, 0) is 81.8 Å². The molecule has 0 bridgehead atoms. The van der Waals surface area contributed by atoms with Gasteiger partial charge in [0.2, 0.25) is 0 Å². The maximum Gasteiger partial charge on any atom is 0.152 e. The Balaban J connectivity index is 0.000000568. The summed E-state index contributed by atoms with van der Waals surface area (Å²) in [6.07, 6.45) is 7.54. The zero-order valence-electron chi connectivity index (χ0n) is 16.7. The molecule has 0 spiro atoms. The lowest BCUT2D eigenvalue weighted by Gasteiger charge is -2.08. The van der Waals surface area contributed by atoms with Gasteiger partial charge in [0.05, 0.1) is 7.11 Å². The normalized spacial score (nSPS) is 10.3. The molecule has 0 saturated carbocycles. The van der Waals surface area contributed by atoms with Gasteiger partial charge in [-0.15, -0.1) is 0 Å². The summed E-state index contributed by atoms with van der Waals surface area (Å²) in [7, 11) is 1.65. The molecule has 0 fully saturated rings.